The zero-order chi connectivity index (χ0) is 27.6. The first kappa shape index (κ1) is 27.2. The summed E-state index contributed by atoms with van der Waals surface area (Å²) in [6.07, 6.45) is -1.63. The number of nitrogens with two attached hydrogens (primary N) is 1. The topological polar surface area (TPSA) is 181 Å². The fourth-order valence-electron chi connectivity index (χ4n) is 4.24. The minimum Gasteiger partial charge on any atom is -0.387 e. The van der Waals surface area contributed by atoms with Crippen molar-refractivity contribution in [1.82, 2.24) is 29.7 Å². The molecule has 13 heteroatoms. The van der Waals surface area contributed by atoms with Gasteiger partial charge in [0.1, 0.15) is 30.2 Å². The minimum absolute atomic E-state index is 0.0170. The summed E-state index contributed by atoms with van der Waals surface area (Å²) in [5, 5.41) is 26.6. The van der Waals surface area contributed by atoms with E-state index in [1.807, 2.05) is 24.3 Å². The first-order chi connectivity index (χ1) is 18.0. The molecular formula is C25H34N8O5. The molecule has 0 aliphatic carbocycles. The van der Waals surface area contributed by atoms with Crippen LogP contribution in [-0.4, -0.2) is 85.0 Å². The average molecular weight is 527 g/mol. The van der Waals surface area contributed by atoms with Gasteiger partial charge in [-0.1, -0.05) is 32.9 Å². The molecule has 13 nitrogen and oxygen atoms in total. The zero-order valence-corrected chi connectivity index (χ0v) is 21.8. The van der Waals surface area contributed by atoms with Gasteiger partial charge in [0.2, 0.25) is 5.91 Å². The van der Waals surface area contributed by atoms with Crippen LogP contribution < -0.4 is 16.4 Å². The van der Waals surface area contributed by atoms with Crippen molar-refractivity contribution in [3.63, 3.8) is 0 Å². The number of likely N-dealkylation sites (N-methyl/N-ethyl adjacent to an activating group) is 1. The van der Waals surface area contributed by atoms with Gasteiger partial charge in [0, 0.05) is 32.2 Å². The van der Waals surface area contributed by atoms with Crippen LogP contribution in [0.25, 0.3) is 11.2 Å². The standard InChI is InChI=1S/C25H34N8O5/c1-25(2,3)14-5-7-15(8-6-14)31-24(37)27-10-9-17(34)32(4)11-16-19(35)20(36)23(38-16)33-13-30-18-21(26)28-12-29-22(18)33/h5-8,12-13,16,19-20,23,35-36H,9-11H2,1-4H3,(H2,26,28,29)(H2,27,31,37)/t16-,19-,20-,23?/m1/s1. The lowest BCUT2D eigenvalue weighted by atomic mass is 9.87. The van der Waals surface area contributed by atoms with Gasteiger partial charge in [0.15, 0.2) is 17.7 Å². The summed E-state index contributed by atoms with van der Waals surface area (Å²) >= 11 is 0. The van der Waals surface area contributed by atoms with Gasteiger partial charge in [-0.05, 0) is 23.1 Å². The third-order valence-corrected chi connectivity index (χ3v) is 6.51. The maximum Gasteiger partial charge on any atom is 0.319 e. The number of nitrogens with zero attached hydrogens (tertiary/aromatic N) is 5. The lowest BCUT2D eigenvalue weighted by Gasteiger charge is -2.23. The molecule has 0 radical (unpaired) electrons. The van der Waals surface area contributed by atoms with Crippen molar-refractivity contribution in [2.45, 2.75) is 57.1 Å². The van der Waals surface area contributed by atoms with Crippen molar-refractivity contribution >= 4 is 34.6 Å². The second-order valence-corrected chi connectivity index (χ2v) is 10.4. The van der Waals surface area contributed by atoms with E-state index in [0.717, 1.165) is 5.56 Å². The SMILES string of the molecule is CN(C[C@H]1OC(n2cnc3c(N)ncnc32)[C@H](O)[C@@H]1O)C(=O)CCNC(=O)Nc1ccc(C(C)(C)C)cc1. The average Bonchev–Trinajstić information content (AvgIpc) is 3.41. The van der Waals surface area contributed by atoms with Crippen molar-refractivity contribution < 1.29 is 24.5 Å². The number of hydrogen-bond acceptors (Lipinski definition) is 9. The normalized spacial score (nSPS) is 21.4. The fourth-order valence-corrected chi connectivity index (χ4v) is 4.24. The number of urea groups is 1. The molecule has 3 heterocycles. The number of ether oxygens (including phenoxy) is 1. The van der Waals surface area contributed by atoms with E-state index < -0.39 is 30.6 Å². The molecule has 4 atom stereocenters. The molecule has 4 rings (SSSR count). The van der Waals surface area contributed by atoms with Crippen LogP contribution in [0, 0.1) is 0 Å². The van der Waals surface area contributed by atoms with Crippen molar-refractivity contribution in [3.8, 4) is 0 Å². The molecule has 0 bridgehead atoms. The van der Waals surface area contributed by atoms with Gasteiger partial charge in [-0.2, -0.15) is 0 Å². The van der Waals surface area contributed by atoms with Crippen LogP contribution in [0.1, 0.15) is 39.0 Å². The number of nitrogens with one attached hydrogen (secondary N) is 2. The van der Waals surface area contributed by atoms with Crippen molar-refractivity contribution in [2.75, 3.05) is 31.2 Å². The molecule has 3 aromatic rings. The Morgan fingerprint density at radius 3 is 2.53 bits per heavy atom. The number of amides is 3. The summed E-state index contributed by atoms with van der Waals surface area (Å²) in [7, 11) is 1.56. The number of carbonyl (C=O) groups excluding carboxylic acids is 2. The Morgan fingerprint density at radius 2 is 1.84 bits per heavy atom. The Balaban J connectivity index is 1.25. The number of nitrogen functional groups attached to an aromatic ring is 1. The number of aliphatic hydroxyl groups excluding tert-OH is 2. The smallest absolute Gasteiger partial charge is 0.319 e. The van der Waals surface area contributed by atoms with E-state index >= 15 is 0 Å². The van der Waals surface area contributed by atoms with Crippen molar-refractivity contribution in [3.05, 3.63) is 42.5 Å². The molecular weight excluding hydrogens is 492 g/mol. The van der Waals surface area contributed by atoms with E-state index in [9.17, 15) is 19.8 Å². The third-order valence-electron chi connectivity index (χ3n) is 6.51. The predicted molar refractivity (Wildman–Crippen MR) is 140 cm³/mol. The second-order valence-electron chi connectivity index (χ2n) is 10.4. The van der Waals surface area contributed by atoms with Crippen LogP contribution in [0.2, 0.25) is 0 Å². The van der Waals surface area contributed by atoms with Crippen LogP contribution in [0.4, 0.5) is 16.3 Å². The number of hydrogen-bond donors (Lipinski definition) is 5. The first-order valence-electron chi connectivity index (χ1n) is 12.3. The van der Waals surface area contributed by atoms with Crippen LogP contribution in [0.15, 0.2) is 36.9 Å². The third kappa shape index (κ3) is 5.85. The number of carbonyl (C=O) groups is 2. The predicted octanol–water partition coefficient (Wildman–Crippen LogP) is 0.995. The van der Waals surface area contributed by atoms with Crippen LogP contribution >= 0.6 is 0 Å². The van der Waals surface area contributed by atoms with Crippen LogP contribution in [0.5, 0.6) is 0 Å². The van der Waals surface area contributed by atoms with E-state index in [0.29, 0.717) is 16.9 Å². The summed E-state index contributed by atoms with van der Waals surface area (Å²) in [5.41, 5.74) is 8.35. The summed E-state index contributed by atoms with van der Waals surface area (Å²) in [6.45, 7) is 6.50. The molecule has 0 saturated carbocycles. The maximum absolute atomic E-state index is 12.6. The number of rotatable bonds is 7. The zero-order valence-electron chi connectivity index (χ0n) is 21.8. The van der Waals surface area contributed by atoms with E-state index in [4.69, 9.17) is 10.5 Å². The number of aromatic nitrogens is 4. The quantitative estimate of drug-likeness (QED) is 0.300. The highest BCUT2D eigenvalue weighted by Crippen LogP contribution is 2.32. The molecule has 0 spiro atoms. The van der Waals surface area contributed by atoms with Crippen molar-refractivity contribution in [1.29, 1.82) is 0 Å². The molecule has 1 saturated heterocycles. The van der Waals surface area contributed by atoms with Crippen LogP contribution in [-0.2, 0) is 14.9 Å². The summed E-state index contributed by atoms with van der Waals surface area (Å²) in [4.78, 5) is 38.4. The van der Waals surface area contributed by atoms with Gasteiger partial charge in [0.25, 0.3) is 0 Å². The Labute approximate surface area is 220 Å². The largest absolute Gasteiger partial charge is 0.387 e. The molecule has 2 aromatic heterocycles. The molecule has 1 aliphatic rings. The molecule has 1 aromatic carbocycles. The van der Waals surface area contributed by atoms with Gasteiger partial charge in [-0.25, -0.2) is 19.7 Å². The fraction of sp³-hybridized carbons (Fsp3) is 0.480. The molecule has 1 unspecified atom stereocenters. The highest BCUT2D eigenvalue weighted by Gasteiger charge is 2.45. The molecule has 1 fully saturated rings. The van der Waals surface area contributed by atoms with E-state index in [1.54, 1.807) is 7.05 Å². The Hall–Kier alpha value is -3.81. The first-order valence-corrected chi connectivity index (χ1v) is 12.3. The monoisotopic (exact) mass is 526 g/mol. The van der Waals surface area contributed by atoms with E-state index in [2.05, 4.69) is 46.4 Å². The lowest BCUT2D eigenvalue weighted by molar-refractivity contribution is -0.132. The molecule has 6 N–H and O–H groups in total. The van der Waals surface area contributed by atoms with Gasteiger partial charge in [0.05, 0.1) is 6.33 Å². The minimum atomic E-state index is -1.28. The Bertz CT molecular complexity index is 1290. The molecule has 1 aliphatic heterocycles. The number of benzene rings is 1. The number of anilines is 2. The Morgan fingerprint density at radius 1 is 1.13 bits per heavy atom. The van der Waals surface area contributed by atoms with E-state index in [-0.39, 0.29) is 36.7 Å². The van der Waals surface area contributed by atoms with Gasteiger partial charge in [-0.15, -0.1) is 0 Å². The molecule has 3 amide bonds. The van der Waals surface area contributed by atoms with E-state index in [1.165, 1.54) is 22.1 Å². The molecule has 204 valence electrons. The summed E-state index contributed by atoms with van der Waals surface area (Å²) < 4.78 is 7.36. The van der Waals surface area contributed by atoms with Gasteiger partial charge in [-0.3, -0.25) is 9.36 Å². The summed E-state index contributed by atoms with van der Waals surface area (Å²) in [6, 6.07) is 7.19. The lowest BCUT2D eigenvalue weighted by Crippen LogP contribution is -2.41. The second kappa shape index (κ2) is 10.9. The van der Waals surface area contributed by atoms with Gasteiger partial charge >= 0.3 is 6.03 Å². The van der Waals surface area contributed by atoms with Crippen molar-refractivity contribution in [2.24, 2.45) is 0 Å². The maximum atomic E-state index is 12.6. The van der Waals surface area contributed by atoms with Gasteiger partial charge < -0.3 is 36.2 Å². The number of fused-ring (bicyclic) bond motifs is 1. The number of imidazole rings is 1. The van der Waals surface area contributed by atoms with Crippen LogP contribution in [0.3, 0.4) is 0 Å². The molecule has 38 heavy (non-hydrogen) atoms. The highest BCUT2D eigenvalue weighted by atomic mass is 16.6. The Kier molecular flexibility index (Phi) is 7.81. The summed E-state index contributed by atoms with van der Waals surface area (Å²) in [5.74, 6) is -0.0773. The highest BCUT2D eigenvalue weighted by molar-refractivity contribution is 5.89. The number of aliphatic hydroxyl groups is 2.